The third-order valence-corrected chi connectivity index (χ3v) is 6.48. The van der Waals surface area contributed by atoms with Gasteiger partial charge in [0.2, 0.25) is 11.9 Å². The van der Waals surface area contributed by atoms with Gasteiger partial charge in [-0.2, -0.15) is 5.26 Å². The molecule has 0 aliphatic heterocycles. The highest BCUT2D eigenvalue weighted by Crippen LogP contribution is 2.38. The van der Waals surface area contributed by atoms with E-state index in [1.54, 1.807) is 25.4 Å². The van der Waals surface area contributed by atoms with Crippen molar-refractivity contribution in [1.82, 2.24) is 24.4 Å². The number of rotatable bonds is 10. The van der Waals surface area contributed by atoms with Crippen LogP contribution in [0.3, 0.4) is 0 Å². The minimum Gasteiger partial charge on any atom is -0.494 e. The molecule has 2 N–H and O–H groups in total. The third-order valence-electron chi connectivity index (χ3n) is 6.48. The zero-order valence-corrected chi connectivity index (χ0v) is 23.6. The number of fused-ring (bicyclic) bond motifs is 1. The van der Waals surface area contributed by atoms with E-state index in [0.29, 0.717) is 40.2 Å². The van der Waals surface area contributed by atoms with E-state index < -0.39 is 0 Å². The van der Waals surface area contributed by atoms with Crippen molar-refractivity contribution in [2.24, 2.45) is 7.05 Å². The highest BCUT2D eigenvalue weighted by Gasteiger charge is 2.18. The second-order valence-corrected chi connectivity index (χ2v) is 9.67. The lowest BCUT2D eigenvalue weighted by Gasteiger charge is -2.26. The van der Waals surface area contributed by atoms with Crippen molar-refractivity contribution in [2.45, 2.75) is 6.92 Å². The maximum atomic E-state index is 12.3. The molecule has 4 rings (SSSR count). The molecule has 1 aromatic carbocycles. The first-order valence-electron chi connectivity index (χ1n) is 12.6. The van der Waals surface area contributed by atoms with Gasteiger partial charge in [-0.25, -0.2) is 15.0 Å². The third kappa shape index (κ3) is 5.87. The van der Waals surface area contributed by atoms with Crippen LogP contribution in [-0.4, -0.2) is 71.7 Å². The molecule has 0 radical (unpaired) electrons. The predicted octanol–water partition coefficient (Wildman–Crippen LogP) is 4.08. The molecule has 0 bridgehead atoms. The number of benzene rings is 1. The van der Waals surface area contributed by atoms with Crippen LogP contribution in [0.5, 0.6) is 5.75 Å². The zero-order valence-electron chi connectivity index (χ0n) is 23.6. The van der Waals surface area contributed by atoms with Gasteiger partial charge in [-0.05, 0) is 50.9 Å². The molecule has 0 aliphatic carbocycles. The Bertz CT molecular complexity index is 1620. The second kappa shape index (κ2) is 11.8. The Morgan fingerprint density at radius 1 is 1.18 bits per heavy atom. The summed E-state index contributed by atoms with van der Waals surface area (Å²) >= 11 is 0. The number of nitriles is 1. The largest absolute Gasteiger partial charge is 0.494 e. The van der Waals surface area contributed by atoms with Gasteiger partial charge in [0, 0.05) is 51.0 Å². The summed E-state index contributed by atoms with van der Waals surface area (Å²) in [5, 5.41) is 16.8. The van der Waals surface area contributed by atoms with Crippen LogP contribution in [0.4, 0.5) is 23.0 Å². The first-order valence-corrected chi connectivity index (χ1v) is 12.6. The number of carbonyl (C=O) groups excluding carboxylic acids is 1. The first kappa shape index (κ1) is 28.1. The van der Waals surface area contributed by atoms with Crippen LogP contribution >= 0.6 is 0 Å². The molecule has 11 nitrogen and oxygen atoms in total. The van der Waals surface area contributed by atoms with Crippen molar-refractivity contribution in [3.8, 4) is 23.2 Å². The van der Waals surface area contributed by atoms with E-state index in [0.717, 1.165) is 35.2 Å². The van der Waals surface area contributed by atoms with Crippen LogP contribution in [0.1, 0.15) is 11.3 Å². The molecule has 206 valence electrons. The summed E-state index contributed by atoms with van der Waals surface area (Å²) in [7, 11) is 9.44. The van der Waals surface area contributed by atoms with Gasteiger partial charge >= 0.3 is 0 Å². The van der Waals surface area contributed by atoms with Gasteiger partial charge in [-0.3, -0.25) is 4.79 Å². The van der Waals surface area contributed by atoms with Crippen LogP contribution in [0.15, 0.2) is 49.3 Å². The lowest BCUT2D eigenvalue weighted by Crippen LogP contribution is -2.29. The summed E-state index contributed by atoms with van der Waals surface area (Å²) in [4.78, 5) is 30.0. The van der Waals surface area contributed by atoms with Crippen LogP contribution < -0.4 is 20.3 Å². The highest BCUT2D eigenvalue weighted by atomic mass is 16.5. The number of anilines is 4. The lowest BCUT2D eigenvalue weighted by atomic mass is 10.1. The average Bonchev–Trinajstić information content (AvgIpc) is 3.24. The van der Waals surface area contributed by atoms with Gasteiger partial charge in [0.05, 0.1) is 41.1 Å². The van der Waals surface area contributed by atoms with Gasteiger partial charge in [-0.1, -0.05) is 6.58 Å². The van der Waals surface area contributed by atoms with Crippen molar-refractivity contribution >= 4 is 39.8 Å². The molecule has 3 heterocycles. The molecular formula is C29H33N9O2. The van der Waals surface area contributed by atoms with Crippen molar-refractivity contribution in [2.75, 3.05) is 56.9 Å². The number of ether oxygens (including phenoxy) is 1. The quantitative estimate of drug-likeness (QED) is 0.287. The van der Waals surface area contributed by atoms with E-state index in [-0.39, 0.29) is 5.91 Å². The SMILES string of the molecule is C=CC(=O)Nc1cc(Nc2nccc(-c3cc4c(C)cn(C)c4c(C#N)n3)n2)c(OC)cc1N(C)CCN(C)C. The molecule has 1 amide bonds. The summed E-state index contributed by atoms with van der Waals surface area (Å²) in [6.45, 7) is 7.12. The molecule has 0 atom stereocenters. The van der Waals surface area contributed by atoms with E-state index in [2.05, 4.69) is 43.1 Å². The van der Waals surface area contributed by atoms with E-state index in [4.69, 9.17) is 4.74 Å². The normalized spacial score (nSPS) is 10.8. The highest BCUT2D eigenvalue weighted by molar-refractivity contribution is 6.02. The Morgan fingerprint density at radius 2 is 1.95 bits per heavy atom. The van der Waals surface area contributed by atoms with Crippen molar-refractivity contribution in [3.63, 3.8) is 0 Å². The van der Waals surface area contributed by atoms with E-state index in [1.165, 1.54) is 6.08 Å². The molecule has 11 heteroatoms. The Morgan fingerprint density at radius 3 is 2.62 bits per heavy atom. The number of carbonyl (C=O) groups is 1. The molecular weight excluding hydrogens is 506 g/mol. The predicted molar refractivity (Wildman–Crippen MR) is 158 cm³/mol. The fourth-order valence-electron chi connectivity index (χ4n) is 4.42. The zero-order chi connectivity index (χ0) is 29.0. The Labute approximate surface area is 233 Å². The van der Waals surface area contributed by atoms with Gasteiger partial charge in [-0.15, -0.1) is 0 Å². The molecule has 0 saturated heterocycles. The monoisotopic (exact) mass is 539 g/mol. The topological polar surface area (TPSA) is 124 Å². The smallest absolute Gasteiger partial charge is 0.247 e. The lowest BCUT2D eigenvalue weighted by molar-refractivity contribution is -0.111. The van der Waals surface area contributed by atoms with Gasteiger partial charge < -0.3 is 29.7 Å². The standard InChI is InChI=1S/C29H33N9O2/c1-8-27(39)33-22-14-23(26(40-7)15-25(22)37(5)12-11-36(3)4)35-29-31-10-9-20(34-29)21-13-19-18(2)17-38(6)28(19)24(16-30)32-21/h8-10,13-15,17H,1,11-12H2,2-7H3,(H,33,39)(H,31,34,35). The average molecular weight is 540 g/mol. The number of hydrogen-bond donors (Lipinski definition) is 2. The number of methoxy groups -OCH3 is 1. The molecule has 40 heavy (non-hydrogen) atoms. The minimum atomic E-state index is -0.331. The van der Waals surface area contributed by atoms with Crippen LogP contribution in [-0.2, 0) is 11.8 Å². The molecule has 0 spiro atoms. The molecule has 3 aromatic heterocycles. The number of nitrogens with zero attached hydrogens (tertiary/aromatic N) is 7. The maximum absolute atomic E-state index is 12.3. The number of hydrogen-bond acceptors (Lipinski definition) is 9. The number of nitrogens with one attached hydrogen (secondary N) is 2. The molecule has 0 fully saturated rings. The van der Waals surface area contributed by atoms with E-state index >= 15 is 0 Å². The molecule has 0 saturated carbocycles. The number of aromatic nitrogens is 4. The second-order valence-electron chi connectivity index (χ2n) is 9.67. The maximum Gasteiger partial charge on any atom is 0.247 e. The van der Waals surface area contributed by atoms with Gasteiger partial charge in [0.15, 0.2) is 5.69 Å². The van der Waals surface area contributed by atoms with Crippen LogP contribution in [0.25, 0.3) is 22.3 Å². The number of pyridine rings is 1. The van der Waals surface area contributed by atoms with E-state index in [1.807, 2.05) is 62.9 Å². The van der Waals surface area contributed by atoms with Crippen molar-refractivity contribution in [1.29, 1.82) is 5.26 Å². The molecule has 0 aliphatic rings. The molecule has 4 aromatic rings. The van der Waals surface area contributed by atoms with Gasteiger partial charge in [0.1, 0.15) is 11.8 Å². The number of aryl methyl sites for hydroxylation is 2. The Hall–Kier alpha value is -4.95. The first-order chi connectivity index (χ1) is 19.1. The summed E-state index contributed by atoms with van der Waals surface area (Å²) in [5.41, 5.74) is 5.19. The molecule has 0 unspecified atom stereocenters. The van der Waals surface area contributed by atoms with Crippen LogP contribution in [0, 0.1) is 18.3 Å². The summed E-state index contributed by atoms with van der Waals surface area (Å²) in [6, 6.07) is 9.51. The number of amides is 1. The fraction of sp³-hybridized carbons (Fsp3) is 0.276. The number of likely N-dealkylation sites (N-methyl/N-ethyl adjacent to an activating group) is 2. The summed E-state index contributed by atoms with van der Waals surface area (Å²) in [6.07, 6.45) is 4.82. The summed E-state index contributed by atoms with van der Waals surface area (Å²) in [5.74, 6) is 0.516. The minimum absolute atomic E-state index is 0.302. The van der Waals surface area contributed by atoms with Crippen molar-refractivity contribution < 1.29 is 9.53 Å². The summed E-state index contributed by atoms with van der Waals surface area (Å²) < 4.78 is 7.60. The van der Waals surface area contributed by atoms with E-state index in [9.17, 15) is 10.1 Å². The van der Waals surface area contributed by atoms with Gasteiger partial charge in [0.25, 0.3) is 0 Å². The Balaban J connectivity index is 1.73. The Kier molecular flexibility index (Phi) is 8.31. The fourth-order valence-corrected chi connectivity index (χ4v) is 4.42. The van der Waals surface area contributed by atoms with Crippen LogP contribution in [0.2, 0.25) is 0 Å². The van der Waals surface area contributed by atoms with Crippen molar-refractivity contribution in [3.05, 3.63) is 60.6 Å².